The van der Waals surface area contributed by atoms with E-state index < -0.39 is 11.6 Å². The van der Waals surface area contributed by atoms with Crippen LogP contribution in [0.2, 0.25) is 0 Å². The van der Waals surface area contributed by atoms with Crippen LogP contribution in [0.1, 0.15) is 24.8 Å². The molecule has 0 bridgehead atoms. The van der Waals surface area contributed by atoms with Crippen molar-refractivity contribution in [2.24, 2.45) is 0 Å². The van der Waals surface area contributed by atoms with Crippen molar-refractivity contribution in [1.29, 1.82) is 0 Å². The van der Waals surface area contributed by atoms with E-state index in [9.17, 15) is 13.6 Å². The van der Waals surface area contributed by atoms with Crippen LogP contribution in [0, 0.1) is 11.6 Å². The lowest BCUT2D eigenvalue weighted by molar-refractivity contribution is -0.132. The molecule has 1 amide bonds. The Morgan fingerprint density at radius 3 is 2.76 bits per heavy atom. The Hall–Kier alpha value is -2.50. The molecule has 2 heterocycles. The van der Waals surface area contributed by atoms with Gasteiger partial charge >= 0.3 is 0 Å². The van der Waals surface area contributed by atoms with Gasteiger partial charge in [-0.3, -0.25) is 9.78 Å². The molecule has 3 rings (SSSR count). The molecule has 6 heteroatoms. The number of anilines is 1. The average molecular weight is 345 g/mol. The van der Waals surface area contributed by atoms with Crippen molar-refractivity contribution in [2.45, 2.75) is 31.7 Å². The van der Waals surface area contributed by atoms with Crippen molar-refractivity contribution < 1.29 is 13.6 Å². The first-order valence-electron chi connectivity index (χ1n) is 8.50. The quantitative estimate of drug-likeness (QED) is 0.903. The van der Waals surface area contributed by atoms with Gasteiger partial charge in [-0.2, -0.15) is 0 Å². The highest BCUT2D eigenvalue weighted by Crippen LogP contribution is 2.19. The van der Waals surface area contributed by atoms with Gasteiger partial charge in [-0.05, 0) is 49.1 Å². The molecule has 0 unspecified atom stereocenters. The standard InChI is InChI=1S/C19H21F2N3O/c20-17-5-4-15(12-18(17)21)23-16-2-1-11-24(13-16)19(25)6-3-14-7-9-22-10-8-14/h4-5,7-10,12,16,23H,1-3,6,11,13H2/t16-/m0/s1. The van der Waals surface area contributed by atoms with Gasteiger partial charge in [0.15, 0.2) is 11.6 Å². The summed E-state index contributed by atoms with van der Waals surface area (Å²) in [5.41, 5.74) is 1.63. The van der Waals surface area contributed by atoms with E-state index >= 15 is 0 Å². The van der Waals surface area contributed by atoms with Gasteiger partial charge in [-0.25, -0.2) is 8.78 Å². The van der Waals surface area contributed by atoms with Crippen LogP contribution in [0.25, 0.3) is 0 Å². The molecule has 132 valence electrons. The summed E-state index contributed by atoms with van der Waals surface area (Å²) in [5.74, 6) is -1.61. The molecule has 0 aliphatic carbocycles. The molecule has 1 aliphatic rings. The summed E-state index contributed by atoms with van der Waals surface area (Å²) in [7, 11) is 0. The molecule has 0 saturated carbocycles. The maximum Gasteiger partial charge on any atom is 0.222 e. The highest BCUT2D eigenvalue weighted by Gasteiger charge is 2.23. The van der Waals surface area contributed by atoms with Crippen LogP contribution in [0.5, 0.6) is 0 Å². The van der Waals surface area contributed by atoms with E-state index in [2.05, 4.69) is 10.3 Å². The van der Waals surface area contributed by atoms with Crippen LogP contribution in [-0.2, 0) is 11.2 Å². The Morgan fingerprint density at radius 2 is 2.00 bits per heavy atom. The number of pyridine rings is 1. The highest BCUT2D eigenvalue weighted by atomic mass is 19.2. The zero-order valence-corrected chi connectivity index (χ0v) is 13.9. The predicted molar refractivity (Wildman–Crippen MR) is 92.1 cm³/mol. The highest BCUT2D eigenvalue weighted by molar-refractivity contribution is 5.76. The molecule has 0 spiro atoms. The minimum absolute atomic E-state index is 0.0449. The van der Waals surface area contributed by atoms with Gasteiger partial charge in [0, 0.05) is 49.7 Å². The minimum atomic E-state index is -0.869. The maximum absolute atomic E-state index is 13.3. The van der Waals surface area contributed by atoms with Crippen molar-refractivity contribution in [3.63, 3.8) is 0 Å². The molecule has 1 atom stereocenters. The first-order chi connectivity index (χ1) is 12.1. The molecule has 1 aliphatic heterocycles. The first-order valence-corrected chi connectivity index (χ1v) is 8.50. The van der Waals surface area contributed by atoms with Crippen molar-refractivity contribution >= 4 is 11.6 Å². The zero-order chi connectivity index (χ0) is 17.6. The number of hydrogen-bond acceptors (Lipinski definition) is 3. The van der Waals surface area contributed by atoms with Crippen molar-refractivity contribution in [1.82, 2.24) is 9.88 Å². The number of aryl methyl sites for hydroxylation is 1. The van der Waals surface area contributed by atoms with Gasteiger partial charge in [0.2, 0.25) is 5.91 Å². The Labute approximate surface area is 145 Å². The molecule has 4 nitrogen and oxygen atoms in total. The fourth-order valence-electron chi connectivity index (χ4n) is 3.10. The molecular formula is C19H21F2N3O. The van der Waals surface area contributed by atoms with Crippen molar-refractivity contribution in [3.05, 3.63) is 59.9 Å². The number of carbonyl (C=O) groups excluding carboxylic acids is 1. The van der Waals surface area contributed by atoms with Gasteiger partial charge in [0.25, 0.3) is 0 Å². The second-order valence-electron chi connectivity index (χ2n) is 6.31. The number of piperidine rings is 1. The third-order valence-electron chi connectivity index (χ3n) is 4.44. The predicted octanol–water partition coefficient (Wildman–Crippen LogP) is 3.40. The van der Waals surface area contributed by atoms with E-state index in [1.165, 1.54) is 6.07 Å². The van der Waals surface area contributed by atoms with E-state index in [-0.39, 0.29) is 11.9 Å². The molecule has 1 fully saturated rings. The topological polar surface area (TPSA) is 45.2 Å². The fourth-order valence-corrected chi connectivity index (χ4v) is 3.10. The lowest BCUT2D eigenvalue weighted by Crippen LogP contribution is -2.45. The lowest BCUT2D eigenvalue weighted by Gasteiger charge is -2.34. The summed E-state index contributed by atoms with van der Waals surface area (Å²) in [4.78, 5) is 18.3. The molecule has 0 radical (unpaired) electrons. The van der Waals surface area contributed by atoms with Gasteiger partial charge in [0.1, 0.15) is 0 Å². The number of likely N-dealkylation sites (tertiary alicyclic amines) is 1. The monoisotopic (exact) mass is 345 g/mol. The second kappa shape index (κ2) is 8.05. The molecule has 1 aromatic carbocycles. The number of carbonyl (C=O) groups is 1. The summed E-state index contributed by atoms with van der Waals surface area (Å²) in [6, 6.07) is 7.65. The average Bonchev–Trinajstić information content (AvgIpc) is 2.64. The SMILES string of the molecule is O=C(CCc1ccncc1)N1CCC[C@H](Nc2ccc(F)c(F)c2)C1. The van der Waals surface area contributed by atoms with E-state index in [1.807, 2.05) is 17.0 Å². The summed E-state index contributed by atoms with van der Waals surface area (Å²) >= 11 is 0. The Kier molecular flexibility index (Phi) is 5.58. The molecule has 1 N–H and O–H groups in total. The third-order valence-corrected chi connectivity index (χ3v) is 4.44. The van der Waals surface area contributed by atoms with Crippen LogP contribution in [0.4, 0.5) is 14.5 Å². The van der Waals surface area contributed by atoms with Gasteiger partial charge in [-0.1, -0.05) is 0 Å². The fraction of sp³-hybridized carbons (Fsp3) is 0.368. The Morgan fingerprint density at radius 1 is 1.20 bits per heavy atom. The maximum atomic E-state index is 13.3. The number of nitrogens with zero attached hydrogens (tertiary/aromatic N) is 2. The van der Waals surface area contributed by atoms with Crippen LogP contribution >= 0.6 is 0 Å². The van der Waals surface area contributed by atoms with Gasteiger partial charge in [0.05, 0.1) is 0 Å². The molecule has 2 aromatic rings. The van der Waals surface area contributed by atoms with Gasteiger partial charge in [-0.15, -0.1) is 0 Å². The second-order valence-corrected chi connectivity index (χ2v) is 6.31. The molecule has 1 saturated heterocycles. The summed E-state index contributed by atoms with van der Waals surface area (Å²) in [6.45, 7) is 1.32. The normalized spacial score (nSPS) is 17.4. The van der Waals surface area contributed by atoms with Crippen LogP contribution in [0.3, 0.4) is 0 Å². The Balaban J connectivity index is 1.53. The number of aromatic nitrogens is 1. The molecular weight excluding hydrogens is 324 g/mol. The van der Waals surface area contributed by atoms with E-state index in [0.29, 0.717) is 25.1 Å². The van der Waals surface area contributed by atoms with Crippen LogP contribution in [0.15, 0.2) is 42.7 Å². The van der Waals surface area contributed by atoms with E-state index in [1.54, 1.807) is 12.4 Å². The van der Waals surface area contributed by atoms with Crippen molar-refractivity contribution in [3.8, 4) is 0 Å². The van der Waals surface area contributed by atoms with E-state index in [0.717, 1.165) is 37.1 Å². The summed E-state index contributed by atoms with van der Waals surface area (Å²) in [5, 5.41) is 3.20. The summed E-state index contributed by atoms with van der Waals surface area (Å²) < 4.78 is 26.3. The lowest BCUT2D eigenvalue weighted by atomic mass is 10.0. The van der Waals surface area contributed by atoms with Gasteiger partial charge < -0.3 is 10.2 Å². The zero-order valence-electron chi connectivity index (χ0n) is 13.9. The number of nitrogens with one attached hydrogen (secondary N) is 1. The van der Waals surface area contributed by atoms with E-state index in [4.69, 9.17) is 0 Å². The Bertz CT molecular complexity index is 724. The number of benzene rings is 1. The van der Waals surface area contributed by atoms with Crippen LogP contribution in [-0.4, -0.2) is 34.9 Å². The van der Waals surface area contributed by atoms with Crippen LogP contribution < -0.4 is 5.32 Å². The number of amides is 1. The van der Waals surface area contributed by atoms with Crippen molar-refractivity contribution in [2.75, 3.05) is 18.4 Å². The molecule has 25 heavy (non-hydrogen) atoms. The largest absolute Gasteiger partial charge is 0.380 e. The first kappa shape index (κ1) is 17.3. The number of rotatable bonds is 5. The molecule has 1 aromatic heterocycles. The minimum Gasteiger partial charge on any atom is -0.380 e. The summed E-state index contributed by atoms with van der Waals surface area (Å²) in [6.07, 6.45) is 6.39. The smallest absolute Gasteiger partial charge is 0.222 e. The number of hydrogen-bond donors (Lipinski definition) is 1. The third kappa shape index (κ3) is 4.75. The number of halogens is 2.